The summed E-state index contributed by atoms with van der Waals surface area (Å²) in [6.45, 7) is 2.16. The molecule has 1 aliphatic rings. The number of esters is 1. The van der Waals surface area contributed by atoms with E-state index in [0.717, 1.165) is 17.7 Å². The molecule has 3 rings (SSSR count). The summed E-state index contributed by atoms with van der Waals surface area (Å²) in [5.74, 6) is 0.659. The molecule has 2 heterocycles. The van der Waals surface area contributed by atoms with Crippen molar-refractivity contribution < 1.29 is 14.1 Å². The van der Waals surface area contributed by atoms with Gasteiger partial charge in [-0.3, -0.25) is 4.79 Å². The molecule has 6 heteroatoms. The fourth-order valence-corrected chi connectivity index (χ4v) is 2.47. The van der Waals surface area contributed by atoms with Crippen molar-refractivity contribution in [2.75, 3.05) is 6.61 Å². The number of thiophene rings is 1. The Bertz CT molecular complexity index is 558. The van der Waals surface area contributed by atoms with Crippen molar-refractivity contribution >= 4 is 17.3 Å². The standard InChI is InChI=1S/C12H12N2O3S/c1-2-16-11(15)12(5-6-12)10-13-9(14-17-10)8-4-3-7-18-8/h3-4,7H,2,5-6H2,1H3. The highest BCUT2D eigenvalue weighted by Crippen LogP contribution is 2.48. The molecule has 0 aromatic carbocycles. The molecule has 0 saturated heterocycles. The van der Waals surface area contributed by atoms with Crippen LogP contribution in [0.25, 0.3) is 10.7 Å². The lowest BCUT2D eigenvalue weighted by molar-refractivity contribution is -0.146. The van der Waals surface area contributed by atoms with Gasteiger partial charge in [-0.15, -0.1) is 11.3 Å². The average Bonchev–Trinajstić information content (AvgIpc) is 2.83. The molecule has 2 aromatic rings. The molecule has 0 spiro atoms. The van der Waals surface area contributed by atoms with Crippen LogP contribution in [0.2, 0.25) is 0 Å². The molecular formula is C12H12N2O3S. The minimum absolute atomic E-state index is 0.258. The predicted molar refractivity (Wildman–Crippen MR) is 65.2 cm³/mol. The molecule has 1 saturated carbocycles. The zero-order valence-corrected chi connectivity index (χ0v) is 10.7. The third kappa shape index (κ3) is 1.73. The summed E-state index contributed by atoms with van der Waals surface area (Å²) in [5.41, 5.74) is -0.682. The van der Waals surface area contributed by atoms with Crippen molar-refractivity contribution in [2.24, 2.45) is 0 Å². The molecular weight excluding hydrogens is 252 g/mol. The molecule has 94 valence electrons. The zero-order valence-electron chi connectivity index (χ0n) is 9.88. The zero-order chi connectivity index (χ0) is 12.6. The maximum atomic E-state index is 11.9. The lowest BCUT2D eigenvalue weighted by Crippen LogP contribution is -2.23. The molecule has 0 bridgehead atoms. The van der Waals surface area contributed by atoms with Crippen molar-refractivity contribution in [1.29, 1.82) is 0 Å². The highest BCUT2D eigenvalue weighted by Gasteiger charge is 2.57. The summed E-state index contributed by atoms with van der Waals surface area (Å²) in [4.78, 5) is 17.1. The van der Waals surface area contributed by atoms with Crippen LogP contribution in [0, 0.1) is 0 Å². The quantitative estimate of drug-likeness (QED) is 0.793. The fraction of sp³-hybridized carbons (Fsp3) is 0.417. The van der Waals surface area contributed by atoms with Gasteiger partial charge < -0.3 is 9.26 Å². The largest absolute Gasteiger partial charge is 0.465 e. The van der Waals surface area contributed by atoms with Crippen molar-refractivity contribution in [2.45, 2.75) is 25.2 Å². The van der Waals surface area contributed by atoms with Gasteiger partial charge in [0.15, 0.2) is 0 Å². The van der Waals surface area contributed by atoms with E-state index in [1.807, 2.05) is 17.5 Å². The molecule has 18 heavy (non-hydrogen) atoms. The van der Waals surface area contributed by atoms with E-state index in [0.29, 0.717) is 18.3 Å². The van der Waals surface area contributed by atoms with Crippen molar-refractivity contribution in [1.82, 2.24) is 10.1 Å². The molecule has 0 unspecified atom stereocenters. The van der Waals surface area contributed by atoms with Crippen LogP contribution in [0.3, 0.4) is 0 Å². The third-order valence-corrected chi connectivity index (χ3v) is 3.86. The van der Waals surface area contributed by atoms with Gasteiger partial charge in [0.25, 0.3) is 0 Å². The van der Waals surface area contributed by atoms with Gasteiger partial charge in [-0.1, -0.05) is 11.2 Å². The molecule has 0 amide bonds. The Morgan fingerprint density at radius 1 is 1.61 bits per heavy atom. The smallest absolute Gasteiger partial charge is 0.321 e. The molecule has 1 aliphatic carbocycles. The minimum atomic E-state index is -0.682. The lowest BCUT2D eigenvalue weighted by atomic mass is 10.1. The Labute approximate surface area is 108 Å². The molecule has 1 fully saturated rings. The van der Waals surface area contributed by atoms with E-state index in [4.69, 9.17) is 9.26 Å². The Balaban J connectivity index is 1.88. The number of rotatable bonds is 4. The third-order valence-electron chi connectivity index (χ3n) is 2.99. The van der Waals surface area contributed by atoms with Crippen LogP contribution in [0.1, 0.15) is 25.7 Å². The number of carbonyl (C=O) groups is 1. The van der Waals surface area contributed by atoms with Gasteiger partial charge in [-0.2, -0.15) is 4.98 Å². The molecule has 0 N–H and O–H groups in total. The molecule has 5 nitrogen and oxygen atoms in total. The van der Waals surface area contributed by atoms with Gasteiger partial charge in [0, 0.05) is 0 Å². The summed E-state index contributed by atoms with van der Waals surface area (Å²) < 4.78 is 10.3. The summed E-state index contributed by atoms with van der Waals surface area (Å²) in [5, 5.41) is 5.87. The minimum Gasteiger partial charge on any atom is -0.465 e. The van der Waals surface area contributed by atoms with Crippen LogP contribution in [0.5, 0.6) is 0 Å². The van der Waals surface area contributed by atoms with Gasteiger partial charge in [0.05, 0.1) is 11.5 Å². The van der Waals surface area contributed by atoms with Gasteiger partial charge >= 0.3 is 5.97 Å². The second-order valence-corrected chi connectivity index (χ2v) is 5.15. The number of carbonyl (C=O) groups excluding carboxylic acids is 1. The molecule has 2 aromatic heterocycles. The first kappa shape index (κ1) is 11.4. The number of hydrogen-bond donors (Lipinski definition) is 0. The summed E-state index contributed by atoms with van der Waals surface area (Å²) in [6.07, 6.45) is 1.44. The fourth-order valence-electron chi connectivity index (χ4n) is 1.82. The maximum Gasteiger partial charge on any atom is 0.321 e. The summed E-state index contributed by atoms with van der Waals surface area (Å²) >= 11 is 1.54. The number of nitrogens with zero attached hydrogens (tertiary/aromatic N) is 2. The summed E-state index contributed by atoms with van der Waals surface area (Å²) in [6, 6.07) is 3.84. The van der Waals surface area contributed by atoms with E-state index in [2.05, 4.69) is 10.1 Å². The van der Waals surface area contributed by atoms with Gasteiger partial charge in [-0.25, -0.2) is 0 Å². The summed E-state index contributed by atoms with van der Waals surface area (Å²) in [7, 11) is 0. The van der Waals surface area contributed by atoms with Crippen molar-refractivity contribution in [3.8, 4) is 10.7 Å². The van der Waals surface area contributed by atoms with Gasteiger partial charge in [0.1, 0.15) is 5.41 Å². The Kier molecular flexibility index (Phi) is 2.66. The second-order valence-electron chi connectivity index (χ2n) is 4.20. The van der Waals surface area contributed by atoms with E-state index >= 15 is 0 Å². The number of aromatic nitrogens is 2. The Morgan fingerprint density at radius 3 is 3.06 bits per heavy atom. The number of ether oxygens (including phenoxy) is 1. The first-order valence-corrected chi connectivity index (χ1v) is 6.69. The Morgan fingerprint density at radius 2 is 2.44 bits per heavy atom. The van der Waals surface area contributed by atoms with Crippen LogP contribution in [-0.2, 0) is 14.9 Å². The normalized spacial score (nSPS) is 16.5. The van der Waals surface area contributed by atoms with Gasteiger partial charge in [-0.05, 0) is 31.2 Å². The Hall–Kier alpha value is -1.69. The SMILES string of the molecule is CCOC(=O)C1(c2nc(-c3cccs3)no2)CC1. The monoisotopic (exact) mass is 264 g/mol. The highest BCUT2D eigenvalue weighted by molar-refractivity contribution is 7.13. The van der Waals surface area contributed by atoms with Crippen LogP contribution in [0.15, 0.2) is 22.0 Å². The lowest BCUT2D eigenvalue weighted by Gasteiger charge is -2.07. The van der Waals surface area contributed by atoms with Crippen LogP contribution < -0.4 is 0 Å². The maximum absolute atomic E-state index is 11.9. The first-order chi connectivity index (χ1) is 8.76. The van der Waals surface area contributed by atoms with Crippen molar-refractivity contribution in [3.05, 3.63) is 23.4 Å². The molecule has 0 radical (unpaired) electrons. The molecule has 0 atom stereocenters. The first-order valence-electron chi connectivity index (χ1n) is 5.81. The van der Waals surface area contributed by atoms with E-state index < -0.39 is 5.41 Å². The van der Waals surface area contributed by atoms with E-state index in [9.17, 15) is 4.79 Å². The van der Waals surface area contributed by atoms with Gasteiger partial charge in [0.2, 0.25) is 11.7 Å². The average molecular weight is 264 g/mol. The van der Waals surface area contributed by atoms with E-state index in [1.54, 1.807) is 6.92 Å². The van der Waals surface area contributed by atoms with Crippen LogP contribution in [-0.4, -0.2) is 22.7 Å². The number of hydrogen-bond acceptors (Lipinski definition) is 6. The second kappa shape index (κ2) is 4.20. The van der Waals surface area contributed by atoms with Crippen LogP contribution in [0.4, 0.5) is 0 Å². The predicted octanol–water partition coefficient (Wildman–Crippen LogP) is 2.39. The van der Waals surface area contributed by atoms with E-state index in [1.165, 1.54) is 11.3 Å². The highest BCUT2D eigenvalue weighted by atomic mass is 32.1. The van der Waals surface area contributed by atoms with E-state index in [-0.39, 0.29) is 5.97 Å². The molecule has 0 aliphatic heterocycles. The topological polar surface area (TPSA) is 65.2 Å². The van der Waals surface area contributed by atoms with Crippen LogP contribution >= 0.6 is 11.3 Å². The van der Waals surface area contributed by atoms with Crippen molar-refractivity contribution in [3.63, 3.8) is 0 Å².